The maximum absolute atomic E-state index is 13.0. The Morgan fingerprint density at radius 3 is 2.28 bits per heavy atom. The number of carbonyl (C=O) groups is 3. The molecule has 0 aliphatic heterocycles. The Hall–Kier alpha value is -2.02. The van der Waals surface area contributed by atoms with Gasteiger partial charge in [-0.1, -0.05) is 31.4 Å². The minimum absolute atomic E-state index is 0.00527. The molecule has 0 radical (unpaired) electrons. The maximum Gasteiger partial charge on any atom is 0.339 e. The van der Waals surface area contributed by atoms with E-state index in [4.69, 9.17) is 4.74 Å². The number of carbonyl (C=O) groups excluding carboxylic acids is 3. The minimum Gasteiger partial charge on any atom is -0.452 e. The standard InChI is InChI=1S/C29H40N2O4S/c1-2-31(23-8-4-3-5-9-23)27(33)18-35-28(34)24-10-6-7-11-25(24)36-19-26(32)30-29-15-20-12-21(16-29)14-22(13-20)17-29/h6-7,10-11,20-23H,2-5,8-9,12-19H2,1H3,(H,30,32). The summed E-state index contributed by atoms with van der Waals surface area (Å²) in [5, 5.41) is 3.41. The molecule has 1 aromatic carbocycles. The number of nitrogens with zero attached hydrogens (tertiary/aromatic N) is 1. The first-order valence-electron chi connectivity index (χ1n) is 13.9. The number of amides is 2. The van der Waals surface area contributed by atoms with Gasteiger partial charge in [0.2, 0.25) is 5.91 Å². The molecule has 5 fully saturated rings. The zero-order chi connectivity index (χ0) is 25.1. The van der Waals surface area contributed by atoms with E-state index in [1.165, 1.54) is 37.4 Å². The second-order valence-electron chi connectivity index (χ2n) is 11.6. The van der Waals surface area contributed by atoms with E-state index in [-0.39, 0.29) is 35.8 Å². The number of thioether (sulfide) groups is 1. The Labute approximate surface area is 219 Å². The summed E-state index contributed by atoms with van der Waals surface area (Å²) in [6.07, 6.45) is 13.0. The third-order valence-electron chi connectivity index (χ3n) is 8.91. The van der Waals surface area contributed by atoms with Crippen molar-refractivity contribution in [2.45, 2.75) is 94.0 Å². The average molecular weight is 513 g/mol. The van der Waals surface area contributed by atoms with Crippen LogP contribution in [0.25, 0.3) is 0 Å². The van der Waals surface area contributed by atoms with Crippen LogP contribution in [0, 0.1) is 17.8 Å². The molecule has 6 nitrogen and oxygen atoms in total. The summed E-state index contributed by atoms with van der Waals surface area (Å²) in [5.41, 5.74) is 0.410. The van der Waals surface area contributed by atoms with Crippen molar-refractivity contribution in [1.29, 1.82) is 0 Å². The van der Waals surface area contributed by atoms with E-state index in [1.807, 2.05) is 24.0 Å². The van der Waals surface area contributed by atoms with E-state index < -0.39 is 5.97 Å². The molecule has 0 saturated heterocycles. The van der Waals surface area contributed by atoms with Crippen LogP contribution in [0.4, 0.5) is 0 Å². The van der Waals surface area contributed by atoms with E-state index >= 15 is 0 Å². The van der Waals surface area contributed by atoms with Crippen molar-refractivity contribution < 1.29 is 19.1 Å². The van der Waals surface area contributed by atoms with Gasteiger partial charge in [-0.2, -0.15) is 0 Å². The highest BCUT2D eigenvalue weighted by Gasteiger charge is 2.51. The molecular weight excluding hydrogens is 472 g/mol. The fourth-order valence-electron chi connectivity index (χ4n) is 7.82. The van der Waals surface area contributed by atoms with Crippen molar-refractivity contribution >= 4 is 29.5 Å². The second-order valence-corrected chi connectivity index (χ2v) is 12.6. The van der Waals surface area contributed by atoms with Crippen LogP contribution >= 0.6 is 11.8 Å². The molecule has 5 saturated carbocycles. The summed E-state index contributed by atoms with van der Waals surface area (Å²) in [4.78, 5) is 41.2. The first kappa shape index (κ1) is 25.6. The molecule has 7 heteroatoms. The lowest BCUT2D eigenvalue weighted by molar-refractivity contribution is -0.137. The first-order valence-corrected chi connectivity index (χ1v) is 14.9. The Morgan fingerprint density at radius 1 is 1.00 bits per heavy atom. The van der Waals surface area contributed by atoms with Crippen LogP contribution in [0.1, 0.15) is 87.9 Å². The summed E-state index contributed by atoms with van der Waals surface area (Å²) in [6, 6.07) is 7.47. The van der Waals surface area contributed by atoms with Gasteiger partial charge < -0.3 is 15.0 Å². The molecule has 1 N–H and O–H groups in total. The molecule has 6 rings (SSSR count). The van der Waals surface area contributed by atoms with Gasteiger partial charge in [0.05, 0.1) is 11.3 Å². The van der Waals surface area contributed by atoms with Gasteiger partial charge in [0.1, 0.15) is 0 Å². The number of hydrogen-bond donors (Lipinski definition) is 1. The molecule has 0 aromatic heterocycles. The predicted molar refractivity (Wildman–Crippen MR) is 141 cm³/mol. The fraction of sp³-hybridized carbons (Fsp3) is 0.690. The van der Waals surface area contributed by atoms with E-state index in [0.717, 1.165) is 67.6 Å². The molecule has 0 atom stereocenters. The second kappa shape index (κ2) is 11.2. The van der Waals surface area contributed by atoms with E-state index in [0.29, 0.717) is 12.1 Å². The Kier molecular flexibility index (Phi) is 7.94. The van der Waals surface area contributed by atoms with Crippen LogP contribution in [0.2, 0.25) is 0 Å². The highest BCUT2D eigenvalue weighted by Crippen LogP contribution is 2.55. The third kappa shape index (κ3) is 5.76. The molecule has 1 aromatic rings. The maximum atomic E-state index is 13.0. The number of benzene rings is 1. The van der Waals surface area contributed by atoms with Gasteiger partial charge in [-0.3, -0.25) is 9.59 Å². The molecule has 2 amide bonds. The van der Waals surface area contributed by atoms with Crippen molar-refractivity contribution in [2.24, 2.45) is 17.8 Å². The summed E-state index contributed by atoms with van der Waals surface area (Å²) < 4.78 is 5.46. The van der Waals surface area contributed by atoms with E-state index in [2.05, 4.69) is 5.32 Å². The molecule has 5 aliphatic carbocycles. The lowest BCUT2D eigenvalue weighted by Crippen LogP contribution is -2.60. The fourth-order valence-corrected chi connectivity index (χ4v) is 8.66. The summed E-state index contributed by atoms with van der Waals surface area (Å²) in [7, 11) is 0. The molecule has 4 bridgehead atoms. The Bertz CT molecular complexity index is 938. The number of rotatable bonds is 9. The average Bonchev–Trinajstić information content (AvgIpc) is 2.86. The number of nitrogens with one attached hydrogen (secondary N) is 1. The third-order valence-corrected chi connectivity index (χ3v) is 9.99. The van der Waals surface area contributed by atoms with Crippen molar-refractivity contribution in [1.82, 2.24) is 10.2 Å². The van der Waals surface area contributed by atoms with Crippen LogP contribution in [0.5, 0.6) is 0 Å². The lowest BCUT2D eigenvalue weighted by Gasteiger charge is -2.56. The van der Waals surface area contributed by atoms with Crippen molar-refractivity contribution in [3.05, 3.63) is 29.8 Å². The van der Waals surface area contributed by atoms with Crippen molar-refractivity contribution in [3.8, 4) is 0 Å². The largest absolute Gasteiger partial charge is 0.452 e. The lowest BCUT2D eigenvalue weighted by atomic mass is 9.53. The van der Waals surface area contributed by atoms with Crippen LogP contribution in [-0.2, 0) is 14.3 Å². The minimum atomic E-state index is -0.507. The topological polar surface area (TPSA) is 75.7 Å². The van der Waals surface area contributed by atoms with E-state index in [9.17, 15) is 14.4 Å². The van der Waals surface area contributed by atoms with Crippen LogP contribution in [-0.4, -0.2) is 53.2 Å². The highest BCUT2D eigenvalue weighted by molar-refractivity contribution is 8.00. The zero-order valence-electron chi connectivity index (χ0n) is 21.5. The molecule has 0 heterocycles. The number of ether oxygens (including phenoxy) is 1. The molecule has 0 spiro atoms. The molecular formula is C29H40N2O4S. The monoisotopic (exact) mass is 512 g/mol. The first-order chi connectivity index (χ1) is 17.4. The molecule has 0 unspecified atom stereocenters. The van der Waals surface area contributed by atoms with Gasteiger partial charge in [-0.25, -0.2) is 4.79 Å². The summed E-state index contributed by atoms with van der Waals surface area (Å²) in [5.74, 6) is 2.03. The summed E-state index contributed by atoms with van der Waals surface area (Å²) >= 11 is 1.37. The molecule has 36 heavy (non-hydrogen) atoms. The smallest absolute Gasteiger partial charge is 0.339 e. The molecule has 196 valence electrons. The number of esters is 1. The van der Waals surface area contributed by atoms with Gasteiger partial charge in [0, 0.05) is 23.0 Å². The normalized spacial score (nSPS) is 29.1. The predicted octanol–water partition coefficient (Wildman–Crippen LogP) is 5.20. The van der Waals surface area contributed by atoms with Gasteiger partial charge in [0.15, 0.2) is 6.61 Å². The zero-order valence-corrected chi connectivity index (χ0v) is 22.3. The number of likely N-dealkylation sites (N-methyl/N-ethyl adjacent to an activating group) is 1. The van der Waals surface area contributed by atoms with Crippen LogP contribution in [0.15, 0.2) is 29.2 Å². The quantitative estimate of drug-likeness (QED) is 0.364. The van der Waals surface area contributed by atoms with Gasteiger partial charge in [0.25, 0.3) is 5.91 Å². The van der Waals surface area contributed by atoms with E-state index in [1.54, 1.807) is 12.1 Å². The van der Waals surface area contributed by atoms with Crippen LogP contribution in [0.3, 0.4) is 0 Å². The number of hydrogen-bond acceptors (Lipinski definition) is 5. The van der Waals surface area contributed by atoms with Crippen molar-refractivity contribution in [2.75, 3.05) is 18.9 Å². The highest BCUT2D eigenvalue weighted by atomic mass is 32.2. The Morgan fingerprint density at radius 2 is 1.64 bits per heavy atom. The molecule has 5 aliphatic rings. The van der Waals surface area contributed by atoms with Crippen molar-refractivity contribution in [3.63, 3.8) is 0 Å². The van der Waals surface area contributed by atoms with Gasteiger partial charge in [-0.05, 0) is 88.2 Å². The van der Waals surface area contributed by atoms with Gasteiger partial charge >= 0.3 is 5.97 Å². The van der Waals surface area contributed by atoms with Gasteiger partial charge in [-0.15, -0.1) is 11.8 Å². The summed E-state index contributed by atoms with van der Waals surface area (Å²) in [6.45, 7) is 2.37. The van der Waals surface area contributed by atoms with Crippen LogP contribution < -0.4 is 5.32 Å². The Balaban J connectivity index is 1.14. The SMILES string of the molecule is CCN(C(=O)COC(=O)c1ccccc1SCC(=O)NC12CC3CC(CC(C3)C1)C2)C1CCCCC1.